The first-order valence-electron chi connectivity index (χ1n) is 3.97. The summed E-state index contributed by atoms with van der Waals surface area (Å²) in [4.78, 5) is 0. The van der Waals surface area contributed by atoms with Crippen molar-refractivity contribution >= 4 is 0 Å². The van der Waals surface area contributed by atoms with E-state index in [0.717, 1.165) is 11.1 Å². The molecular weight excluding hydrogens is 192 g/mol. The van der Waals surface area contributed by atoms with Crippen LogP contribution in [0.4, 0.5) is 8.78 Å². The van der Waals surface area contributed by atoms with Crippen LogP contribution < -0.4 is 4.74 Å². The summed E-state index contributed by atoms with van der Waals surface area (Å²) in [5, 5.41) is 9.80. The van der Waals surface area contributed by atoms with Crippen LogP contribution in [0.25, 0.3) is 0 Å². The van der Waals surface area contributed by atoms with Gasteiger partial charge in [-0.15, -0.1) is 0 Å². The second-order valence-corrected chi connectivity index (χ2v) is 2.87. The molecule has 0 aromatic heterocycles. The quantitative estimate of drug-likeness (QED) is 0.760. The first kappa shape index (κ1) is 10.9. The van der Waals surface area contributed by atoms with Crippen LogP contribution in [-0.2, 0) is 6.54 Å². The minimum Gasteiger partial charge on any atom is -0.493 e. The Kier molecular flexibility index (Phi) is 3.38. The molecule has 1 aromatic rings. The van der Waals surface area contributed by atoms with Gasteiger partial charge in [0, 0.05) is 12.6 Å². The average Bonchev–Trinajstić information content (AvgIpc) is 2.11. The van der Waals surface area contributed by atoms with Crippen molar-refractivity contribution in [3.05, 3.63) is 29.3 Å². The molecule has 0 saturated heterocycles. The smallest absolute Gasteiger partial charge is 0.200 e. The summed E-state index contributed by atoms with van der Waals surface area (Å²) >= 11 is 0. The molecule has 0 amide bonds. The van der Waals surface area contributed by atoms with E-state index in [2.05, 4.69) is 0 Å². The zero-order valence-electron chi connectivity index (χ0n) is 7.92. The Labute approximate surface area is 80.5 Å². The fourth-order valence-electron chi connectivity index (χ4n) is 1.16. The van der Waals surface area contributed by atoms with Crippen molar-refractivity contribution < 1.29 is 18.7 Å². The molecular formula is C9H11F2NO2. The van der Waals surface area contributed by atoms with E-state index in [0.29, 0.717) is 5.56 Å². The number of hydrogen-bond donors (Lipinski definition) is 1. The summed E-state index contributed by atoms with van der Waals surface area (Å²) in [5.74, 6) is -2.18. The highest BCUT2D eigenvalue weighted by Gasteiger charge is 2.14. The molecule has 0 aliphatic heterocycles. The van der Waals surface area contributed by atoms with Gasteiger partial charge in [-0.2, -0.15) is 9.45 Å². The maximum Gasteiger partial charge on any atom is 0.200 e. The molecule has 1 N–H and O–H groups in total. The molecule has 0 aliphatic carbocycles. The topological polar surface area (TPSA) is 32.7 Å². The number of halogens is 2. The molecule has 0 aliphatic rings. The third-order valence-corrected chi connectivity index (χ3v) is 1.73. The summed E-state index contributed by atoms with van der Waals surface area (Å²) in [6.07, 6.45) is 0. The predicted molar refractivity (Wildman–Crippen MR) is 46.2 cm³/mol. The van der Waals surface area contributed by atoms with Crippen molar-refractivity contribution in [2.45, 2.75) is 6.54 Å². The van der Waals surface area contributed by atoms with Gasteiger partial charge in [-0.05, 0) is 6.07 Å². The molecule has 0 saturated carbocycles. The molecule has 0 fully saturated rings. The largest absolute Gasteiger partial charge is 0.493 e. The highest BCUT2D eigenvalue weighted by atomic mass is 19.2. The first-order chi connectivity index (χ1) is 6.56. The van der Waals surface area contributed by atoms with Crippen molar-refractivity contribution in [3.63, 3.8) is 0 Å². The lowest BCUT2D eigenvalue weighted by Gasteiger charge is -2.12. The van der Waals surface area contributed by atoms with E-state index < -0.39 is 11.6 Å². The Morgan fingerprint density at radius 1 is 1.43 bits per heavy atom. The van der Waals surface area contributed by atoms with Crippen molar-refractivity contribution in [3.8, 4) is 5.75 Å². The monoisotopic (exact) mass is 203 g/mol. The predicted octanol–water partition coefficient (Wildman–Crippen LogP) is 1.79. The molecule has 0 bridgehead atoms. The second-order valence-electron chi connectivity index (χ2n) is 2.87. The molecule has 0 atom stereocenters. The lowest BCUT2D eigenvalue weighted by atomic mass is 10.2. The van der Waals surface area contributed by atoms with Crippen LogP contribution in [0.2, 0.25) is 0 Å². The van der Waals surface area contributed by atoms with Crippen LogP contribution in [0.5, 0.6) is 5.75 Å². The van der Waals surface area contributed by atoms with Crippen molar-refractivity contribution in [2.75, 3.05) is 14.2 Å². The van der Waals surface area contributed by atoms with E-state index in [-0.39, 0.29) is 12.3 Å². The summed E-state index contributed by atoms with van der Waals surface area (Å²) in [6.45, 7) is 0.0698. The van der Waals surface area contributed by atoms with Gasteiger partial charge in [-0.25, -0.2) is 4.39 Å². The van der Waals surface area contributed by atoms with Gasteiger partial charge in [0.2, 0.25) is 5.82 Å². The Balaban J connectivity index is 3.10. The number of rotatable bonds is 3. The summed E-state index contributed by atoms with van der Waals surface area (Å²) in [5.41, 5.74) is 0.386. The number of ether oxygens (including phenoxy) is 1. The highest BCUT2D eigenvalue weighted by Crippen LogP contribution is 2.25. The van der Waals surface area contributed by atoms with E-state index in [4.69, 9.17) is 9.94 Å². The van der Waals surface area contributed by atoms with Crippen LogP contribution in [0, 0.1) is 11.6 Å². The van der Waals surface area contributed by atoms with E-state index in [1.54, 1.807) is 0 Å². The van der Waals surface area contributed by atoms with Gasteiger partial charge < -0.3 is 9.94 Å². The Morgan fingerprint density at radius 3 is 2.57 bits per heavy atom. The van der Waals surface area contributed by atoms with Gasteiger partial charge in [0.1, 0.15) is 0 Å². The SMILES string of the molecule is COc1c(CN(C)O)ccc(F)c1F. The molecule has 3 nitrogen and oxygen atoms in total. The van der Waals surface area contributed by atoms with E-state index in [1.165, 1.54) is 20.2 Å². The van der Waals surface area contributed by atoms with Gasteiger partial charge in [0.25, 0.3) is 0 Å². The fourth-order valence-corrected chi connectivity index (χ4v) is 1.16. The molecule has 1 rings (SSSR count). The minimum absolute atomic E-state index is 0.0698. The standard InChI is InChI=1S/C9H11F2NO2/c1-12(13)5-6-3-4-7(10)8(11)9(6)14-2/h3-4,13H,5H2,1-2H3. The number of hydroxylamine groups is 2. The summed E-state index contributed by atoms with van der Waals surface area (Å²) in [6, 6.07) is 2.36. The van der Waals surface area contributed by atoms with Crippen LogP contribution in [0.15, 0.2) is 12.1 Å². The Bertz CT molecular complexity index is 329. The number of nitrogens with zero attached hydrogens (tertiary/aromatic N) is 1. The van der Waals surface area contributed by atoms with E-state index in [9.17, 15) is 8.78 Å². The van der Waals surface area contributed by atoms with Crippen molar-refractivity contribution in [1.29, 1.82) is 0 Å². The maximum absolute atomic E-state index is 13.1. The van der Waals surface area contributed by atoms with Gasteiger partial charge in [0.15, 0.2) is 11.6 Å². The second kappa shape index (κ2) is 4.34. The third-order valence-electron chi connectivity index (χ3n) is 1.73. The maximum atomic E-state index is 13.1. The van der Waals surface area contributed by atoms with Gasteiger partial charge in [0.05, 0.1) is 13.7 Å². The lowest BCUT2D eigenvalue weighted by Crippen LogP contribution is -2.13. The van der Waals surface area contributed by atoms with Crippen molar-refractivity contribution in [2.24, 2.45) is 0 Å². The molecule has 14 heavy (non-hydrogen) atoms. The molecule has 0 unspecified atom stereocenters. The van der Waals surface area contributed by atoms with Crippen LogP contribution in [-0.4, -0.2) is 24.4 Å². The molecule has 1 aromatic carbocycles. The Hall–Kier alpha value is -1.20. The average molecular weight is 203 g/mol. The van der Waals surface area contributed by atoms with Crippen LogP contribution in [0.1, 0.15) is 5.56 Å². The summed E-state index contributed by atoms with van der Waals surface area (Å²) in [7, 11) is 2.65. The highest BCUT2D eigenvalue weighted by molar-refractivity contribution is 5.35. The van der Waals surface area contributed by atoms with Gasteiger partial charge >= 0.3 is 0 Å². The van der Waals surface area contributed by atoms with Crippen LogP contribution >= 0.6 is 0 Å². The lowest BCUT2D eigenvalue weighted by molar-refractivity contribution is -0.0736. The van der Waals surface area contributed by atoms with Crippen LogP contribution in [0.3, 0.4) is 0 Å². The number of methoxy groups -OCH3 is 1. The normalized spacial score (nSPS) is 10.7. The fraction of sp³-hybridized carbons (Fsp3) is 0.333. The molecule has 78 valence electrons. The van der Waals surface area contributed by atoms with Gasteiger partial charge in [-0.1, -0.05) is 6.07 Å². The minimum atomic E-state index is -1.04. The molecule has 0 radical (unpaired) electrons. The van der Waals surface area contributed by atoms with E-state index in [1.807, 2.05) is 0 Å². The number of benzene rings is 1. The van der Waals surface area contributed by atoms with E-state index >= 15 is 0 Å². The first-order valence-corrected chi connectivity index (χ1v) is 3.97. The molecule has 0 spiro atoms. The summed E-state index contributed by atoms with van der Waals surface area (Å²) < 4.78 is 30.6. The zero-order chi connectivity index (χ0) is 10.7. The third kappa shape index (κ3) is 2.18. The molecule has 5 heteroatoms. The van der Waals surface area contributed by atoms with Gasteiger partial charge in [-0.3, -0.25) is 0 Å². The number of hydrogen-bond acceptors (Lipinski definition) is 3. The molecule has 0 heterocycles. The zero-order valence-corrected chi connectivity index (χ0v) is 7.92. The van der Waals surface area contributed by atoms with Crippen molar-refractivity contribution in [1.82, 2.24) is 5.06 Å². The Morgan fingerprint density at radius 2 is 2.07 bits per heavy atom.